The molecule has 1 aromatic heterocycles. The van der Waals surface area contributed by atoms with Gasteiger partial charge in [0.15, 0.2) is 0 Å². The molecule has 1 saturated heterocycles. The summed E-state index contributed by atoms with van der Waals surface area (Å²) < 4.78 is 27.0. The van der Waals surface area contributed by atoms with Gasteiger partial charge in [-0.15, -0.1) is 0 Å². The summed E-state index contributed by atoms with van der Waals surface area (Å²) in [4.78, 5) is 15.1. The number of piperidine rings is 1. The van der Waals surface area contributed by atoms with Gasteiger partial charge >= 0.3 is 0 Å². The van der Waals surface area contributed by atoms with Crippen LogP contribution in [0.2, 0.25) is 0 Å². The quantitative estimate of drug-likeness (QED) is 0.875. The number of aromatic nitrogens is 1. The summed E-state index contributed by atoms with van der Waals surface area (Å²) >= 11 is 3.22. The highest BCUT2D eigenvalue weighted by Crippen LogP contribution is 2.22. The van der Waals surface area contributed by atoms with Gasteiger partial charge in [-0.05, 0) is 34.8 Å². The van der Waals surface area contributed by atoms with Gasteiger partial charge in [-0.1, -0.05) is 0 Å². The summed E-state index contributed by atoms with van der Waals surface area (Å²) in [6.07, 6.45) is 4.14. The van der Waals surface area contributed by atoms with Crippen molar-refractivity contribution in [2.45, 2.75) is 30.7 Å². The number of halogens is 1. The first-order valence-corrected chi connectivity index (χ1v) is 8.50. The molecule has 2 rings (SSSR count). The standard InChI is InChI=1S/C12H16BrN3O3S/c1-9(17)15-11-2-4-16(5-3-11)20(18,19)12-6-10(13)7-14-8-12/h6-8,11H,2-5H2,1H3,(H,15,17). The third kappa shape index (κ3) is 3.56. The van der Waals surface area contributed by atoms with Crippen LogP contribution in [0.4, 0.5) is 0 Å². The first-order chi connectivity index (χ1) is 9.39. The molecule has 0 aliphatic carbocycles. The lowest BCUT2D eigenvalue weighted by molar-refractivity contribution is -0.119. The Balaban J connectivity index is 2.08. The first kappa shape index (κ1) is 15.4. The van der Waals surface area contributed by atoms with Gasteiger partial charge in [-0.25, -0.2) is 8.42 Å². The molecule has 0 atom stereocenters. The molecule has 1 amide bonds. The number of nitrogens with one attached hydrogen (secondary N) is 1. The molecule has 0 bridgehead atoms. The minimum absolute atomic E-state index is 0.0552. The van der Waals surface area contributed by atoms with Crippen LogP contribution in [0.15, 0.2) is 27.8 Å². The highest BCUT2D eigenvalue weighted by atomic mass is 79.9. The Morgan fingerprint density at radius 1 is 1.40 bits per heavy atom. The summed E-state index contributed by atoms with van der Waals surface area (Å²) in [5.41, 5.74) is 0. The Labute approximate surface area is 126 Å². The van der Waals surface area contributed by atoms with Crippen LogP contribution in [0.5, 0.6) is 0 Å². The largest absolute Gasteiger partial charge is 0.354 e. The Morgan fingerprint density at radius 2 is 2.05 bits per heavy atom. The number of hydrogen-bond donors (Lipinski definition) is 1. The van der Waals surface area contributed by atoms with Crippen LogP contribution < -0.4 is 5.32 Å². The molecule has 0 unspecified atom stereocenters. The second-order valence-electron chi connectivity index (χ2n) is 4.72. The fraction of sp³-hybridized carbons (Fsp3) is 0.500. The smallest absolute Gasteiger partial charge is 0.244 e. The van der Waals surface area contributed by atoms with Gasteiger partial charge in [0.05, 0.1) is 0 Å². The average molecular weight is 362 g/mol. The van der Waals surface area contributed by atoms with E-state index in [-0.39, 0.29) is 16.8 Å². The zero-order valence-corrected chi connectivity index (χ0v) is 13.4. The number of rotatable bonds is 3. The van der Waals surface area contributed by atoms with Crippen LogP contribution in [0.1, 0.15) is 19.8 Å². The van der Waals surface area contributed by atoms with E-state index in [0.29, 0.717) is 30.4 Å². The SMILES string of the molecule is CC(=O)NC1CCN(S(=O)(=O)c2cncc(Br)c2)CC1. The molecular formula is C12H16BrN3O3S. The van der Waals surface area contributed by atoms with E-state index in [4.69, 9.17) is 0 Å². The van der Waals surface area contributed by atoms with Crippen LogP contribution in [0.3, 0.4) is 0 Å². The maximum atomic E-state index is 12.4. The Hall–Kier alpha value is -0.990. The molecule has 8 heteroatoms. The van der Waals surface area contributed by atoms with Crippen molar-refractivity contribution in [1.82, 2.24) is 14.6 Å². The molecule has 0 radical (unpaired) electrons. The van der Waals surface area contributed by atoms with E-state index in [0.717, 1.165) is 0 Å². The van der Waals surface area contributed by atoms with Crippen molar-refractivity contribution in [3.8, 4) is 0 Å². The van der Waals surface area contributed by atoms with Crippen LogP contribution in [-0.4, -0.2) is 42.7 Å². The van der Waals surface area contributed by atoms with E-state index in [1.807, 2.05) is 0 Å². The predicted octanol–water partition coefficient (Wildman–Crippen LogP) is 1.13. The van der Waals surface area contributed by atoms with Crippen molar-refractivity contribution in [2.75, 3.05) is 13.1 Å². The van der Waals surface area contributed by atoms with Crippen molar-refractivity contribution in [3.05, 3.63) is 22.9 Å². The van der Waals surface area contributed by atoms with Gasteiger partial charge in [0, 0.05) is 42.9 Å². The van der Waals surface area contributed by atoms with Crippen molar-refractivity contribution in [3.63, 3.8) is 0 Å². The molecule has 1 aliphatic rings. The van der Waals surface area contributed by atoms with Crippen LogP contribution in [0.25, 0.3) is 0 Å². The second kappa shape index (κ2) is 6.19. The van der Waals surface area contributed by atoms with Gasteiger partial charge in [0.2, 0.25) is 15.9 Å². The van der Waals surface area contributed by atoms with Crippen molar-refractivity contribution in [2.24, 2.45) is 0 Å². The second-order valence-corrected chi connectivity index (χ2v) is 7.57. The number of pyridine rings is 1. The molecular weight excluding hydrogens is 346 g/mol. The normalized spacial score (nSPS) is 17.9. The Morgan fingerprint density at radius 3 is 2.60 bits per heavy atom. The Bertz CT molecular complexity index is 598. The van der Waals surface area contributed by atoms with E-state index in [2.05, 4.69) is 26.2 Å². The first-order valence-electron chi connectivity index (χ1n) is 6.27. The molecule has 0 saturated carbocycles. The van der Waals surface area contributed by atoms with E-state index in [1.54, 1.807) is 12.3 Å². The minimum Gasteiger partial charge on any atom is -0.354 e. The number of nitrogens with zero attached hydrogens (tertiary/aromatic N) is 2. The van der Waals surface area contributed by atoms with Gasteiger partial charge in [-0.2, -0.15) is 4.31 Å². The third-order valence-electron chi connectivity index (χ3n) is 3.18. The van der Waals surface area contributed by atoms with Gasteiger partial charge < -0.3 is 5.32 Å². The van der Waals surface area contributed by atoms with Crippen molar-refractivity contribution >= 4 is 31.9 Å². The van der Waals surface area contributed by atoms with Gasteiger partial charge in [0.25, 0.3) is 0 Å². The number of hydrogen-bond acceptors (Lipinski definition) is 4. The topological polar surface area (TPSA) is 79.4 Å². The predicted molar refractivity (Wildman–Crippen MR) is 77.5 cm³/mol. The number of sulfonamides is 1. The van der Waals surface area contributed by atoms with E-state index in [1.165, 1.54) is 17.4 Å². The highest BCUT2D eigenvalue weighted by molar-refractivity contribution is 9.10. The molecule has 1 aromatic rings. The number of amides is 1. The summed E-state index contributed by atoms with van der Waals surface area (Å²) in [5.74, 6) is -0.0810. The molecule has 1 fully saturated rings. The zero-order chi connectivity index (χ0) is 14.8. The summed E-state index contributed by atoms with van der Waals surface area (Å²) in [7, 11) is -3.51. The molecule has 6 nitrogen and oxygen atoms in total. The van der Waals surface area contributed by atoms with Crippen LogP contribution in [0, 0.1) is 0 Å². The lowest BCUT2D eigenvalue weighted by atomic mass is 10.1. The Kier molecular flexibility index (Phi) is 4.77. The molecule has 1 aliphatic heterocycles. The summed E-state index contributed by atoms with van der Waals surface area (Å²) in [6.45, 7) is 2.27. The molecule has 20 heavy (non-hydrogen) atoms. The fourth-order valence-electron chi connectivity index (χ4n) is 2.21. The zero-order valence-electron chi connectivity index (χ0n) is 11.0. The van der Waals surface area contributed by atoms with E-state index < -0.39 is 10.0 Å². The van der Waals surface area contributed by atoms with Crippen molar-refractivity contribution in [1.29, 1.82) is 0 Å². The summed E-state index contributed by atoms with van der Waals surface area (Å²) in [5, 5.41) is 2.82. The lowest BCUT2D eigenvalue weighted by Gasteiger charge is -2.31. The molecule has 0 aromatic carbocycles. The van der Waals surface area contributed by atoms with Crippen LogP contribution in [-0.2, 0) is 14.8 Å². The highest BCUT2D eigenvalue weighted by Gasteiger charge is 2.29. The molecule has 2 heterocycles. The van der Waals surface area contributed by atoms with Gasteiger partial charge in [0.1, 0.15) is 4.90 Å². The fourth-order valence-corrected chi connectivity index (χ4v) is 4.19. The molecule has 1 N–H and O–H groups in total. The third-order valence-corrected chi connectivity index (χ3v) is 5.48. The maximum Gasteiger partial charge on any atom is 0.244 e. The van der Waals surface area contributed by atoms with E-state index in [9.17, 15) is 13.2 Å². The minimum atomic E-state index is -3.51. The van der Waals surface area contributed by atoms with Gasteiger partial charge in [-0.3, -0.25) is 9.78 Å². The molecule has 110 valence electrons. The van der Waals surface area contributed by atoms with E-state index >= 15 is 0 Å². The molecule has 0 spiro atoms. The number of carbonyl (C=O) groups is 1. The monoisotopic (exact) mass is 361 g/mol. The van der Waals surface area contributed by atoms with Crippen molar-refractivity contribution < 1.29 is 13.2 Å². The maximum absolute atomic E-state index is 12.4. The van der Waals surface area contributed by atoms with Crippen LogP contribution >= 0.6 is 15.9 Å². The lowest BCUT2D eigenvalue weighted by Crippen LogP contribution is -2.46. The summed E-state index contributed by atoms with van der Waals surface area (Å²) in [6, 6.07) is 1.60. The number of carbonyl (C=O) groups excluding carboxylic acids is 1. The average Bonchev–Trinajstić information content (AvgIpc) is 2.38.